The van der Waals surface area contributed by atoms with Gasteiger partial charge in [0.05, 0.1) is 17.6 Å². The van der Waals surface area contributed by atoms with Crippen molar-refractivity contribution >= 4 is 39.8 Å². The molecule has 0 saturated heterocycles. The van der Waals surface area contributed by atoms with Gasteiger partial charge in [0.1, 0.15) is 29.6 Å². The number of halogens is 2. The van der Waals surface area contributed by atoms with E-state index >= 15 is 0 Å². The number of fused-ring (bicyclic) bond motifs is 1. The lowest BCUT2D eigenvalue weighted by atomic mass is 10.1. The summed E-state index contributed by atoms with van der Waals surface area (Å²) in [7, 11) is 0. The summed E-state index contributed by atoms with van der Waals surface area (Å²) in [6, 6.07) is 16.3. The Hall–Kier alpha value is -4.44. The zero-order valence-electron chi connectivity index (χ0n) is 18.8. The molecule has 0 spiro atoms. The standard InChI is InChI=1S/C26H20F2N6OS/c27-17-4-6-21(28)16(10-17)12-32-26(35)19-2-1-9-30-25(19)31-13-18-5-8-23(36-18)15-3-7-22-20(11-15)24(29)34-14-33-22/h1-11,14H,12-13H2,(H,30,31)(H,32,35)(H2,29,33,34). The van der Waals surface area contributed by atoms with Crippen LogP contribution in [-0.2, 0) is 13.1 Å². The number of nitrogens with zero attached hydrogens (tertiary/aromatic N) is 3. The number of nitrogens with two attached hydrogens (primary N) is 1. The molecule has 0 aliphatic carbocycles. The first-order valence-electron chi connectivity index (χ1n) is 11.0. The van der Waals surface area contributed by atoms with Crippen LogP contribution in [0.5, 0.6) is 0 Å². The highest BCUT2D eigenvalue weighted by Gasteiger charge is 2.14. The topological polar surface area (TPSA) is 106 Å². The fourth-order valence-electron chi connectivity index (χ4n) is 3.71. The Kier molecular flexibility index (Phi) is 6.50. The molecule has 0 saturated carbocycles. The van der Waals surface area contributed by atoms with Gasteiger partial charge in [0.2, 0.25) is 0 Å². The number of nitrogens with one attached hydrogen (secondary N) is 2. The molecule has 1 amide bonds. The van der Waals surface area contributed by atoms with E-state index in [1.807, 2.05) is 30.3 Å². The second-order valence-electron chi connectivity index (χ2n) is 7.93. The molecule has 0 fully saturated rings. The molecule has 36 heavy (non-hydrogen) atoms. The summed E-state index contributed by atoms with van der Waals surface area (Å²) in [5, 5.41) is 6.62. The lowest BCUT2D eigenvalue weighted by Gasteiger charge is -2.11. The predicted molar refractivity (Wildman–Crippen MR) is 136 cm³/mol. The average molecular weight is 503 g/mol. The molecule has 7 nitrogen and oxygen atoms in total. The second kappa shape index (κ2) is 10.0. The van der Waals surface area contributed by atoms with Crippen LogP contribution in [0.2, 0.25) is 0 Å². The van der Waals surface area contributed by atoms with Crippen LogP contribution < -0.4 is 16.4 Å². The maximum atomic E-state index is 13.9. The Morgan fingerprint density at radius 2 is 1.86 bits per heavy atom. The van der Waals surface area contributed by atoms with Crippen molar-refractivity contribution < 1.29 is 13.6 Å². The van der Waals surface area contributed by atoms with E-state index in [4.69, 9.17) is 5.73 Å². The van der Waals surface area contributed by atoms with E-state index < -0.39 is 17.5 Å². The molecule has 4 N–H and O–H groups in total. The number of rotatable bonds is 7. The van der Waals surface area contributed by atoms with Gasteiger partial charge in [0.25, 0.3) is 5.91 Å². The largest absolute Gasteiger partial charge is 0.383 e. The van der Waals surface area contributed by atoms with Crippen molar-refractivity contribution in [3.8, 4) is 10.4 Å². The molecule has 2 aromatic carbocycles. The van der Waals surface area contributed by atoms with Crippen LogP contribution in [0.4, 0.5) is 20.4 Å². The fraction of sp³-hybridized carbons (Fsp3) is 0.0769. The normalized spacial score (nSPS) is 10.9. The smallest absolute Gasteiger partial charge is 0.255 e. The van der Waals surface area contributed by atoms with Crippen molar-refractivity contribution in [2.45, 2.75) is 13.1 Å². The molecule has 5 aromatic rings. The van der Waals surface area contributed by atoms with Gasteiger partial charge in [0.15, 0.2) is 0 Å². The number of carbonyl (C=O) groups excluding carboxylic acids is 1. The lowest BCUT2D eigenvalue weighted by Crippen LogP contribution is -2.24. The number of anilines is 2. The number of pyridine rings is 1. The van der Waals surface area contributed by atoms with Gasteiger partial charge in [-0.15, -0.1) is 11.3 Å². The summed E-state index contributed by atoms with van der Waals surface area (Å²) in [5.41, 5.74) is 8.15. The summed E-state index contributed by atoms with van der Waals surface area (Å²) < 4.78 is 27.3. The lowest BCUT2D eigenvalue weighted by molar-refractivity contribution is 0.0951. The first kappa shape index (κ1) is 23.3. The van der Waals surface area contributed by atoms with Crippen LogP contribution >= 0.6 is 11.3 Å². The van der Waals surface area contributed by atoms with Crippen molar-refractivity contribution in [3.05, 3.63) is 101 Å². The van der Waals surface area contributed by atoms with Gasteiger partial charge in [0, 0.05) is 33.4 Å². The SMILES string of the molecule is Nc1ncnc2ccc(-c3ccc(CNc4ncccc4C(=O)NCc4cc(F)ccc4F)s3)cc12. The number of benzene rings is 2. The molecule has 180 valence electrons. The second-order valence-corrected chi connectivity index (χ2v) is 9.10. The van der Waals surface area contributed by atoms with Gasteiger partial charge in [-0.2, -0.15) is 0 Å². The summed E-state index contributed by atoms with van der Waals surface area (Å²) in [6.07, 6.45) is 3.02. The van der Waals surface area contributed by atoms with Crippen molar-refractivity contribution in [1.29, 1.82) is 0 Å². The number of nitrogen functional groups attached to an aromatic ring is 1. The van der Waals surface area contributed by atoms with Crippen molar-refractivity contribution in [2.75, 3.05) is 11.1 Å². The Bertz CT molecular complexity index is 1570. The molecule has 10 heteroatoms. The first-order chi connectivity index (χ1) is 17.5. The fourth-order valence-corrected chi connectivity index (χ4v) is 4.65. The number of hydrogen-bond donors (Lipinski definition) is 3. The van der Waals surface area contributed by atoms with Crippen molar-refractivity contribution in [3.63, 3.8) is 0 Å². The monoisotopic (exact) mass is 502 g/mol. The van der Waals surface area contributed by atoms with E-state index in [0.29, 0.717) is 23.7 Å². The van der Waals surface area contributed by atoms with Gasteiger partial charge in [-0.1, -0.05) is 6.07 Å². The zero-order valence-corrected chi connectivity index (χ0v) is 19.7. The van der Waals surface area contributed by atoms with Gasteiger partial charge in [-0.05, 0) is 60.2 Å². The Morgan fingerprint density at radius 1 is 0.972 bits per heavy atom. The molecule has 0 radical (unpaired) electrons. The summed E-state index contributed by atoms with van der Waals surface area (Å²) in [5.74, 6) is -0.782. The highest BCUT2D eigenvalue weighted by Crippen LogP contribution is 2.31. The van der Waals surface area contributed by atoms with Crippen LogP contribution in [0.3, 0.4) is 0 Å². The van der Waals surface area contributed by atoms with E-state index in [-0.39, 0.29) is 12.1 Å². The molecule has 0 unspecified atom stereocenters. The van der Waals surface area contributed by atoms with Crippen LogP contribution in [0.25, 0.3) is 21.3 Å². The molecule has 5 rings (SSSR count). The van der Waals surface area contributed by atoms with Crippen LogP contribution in [0.15, 0.2) is 73.2 Å². The molecule has 0 bridgehead atoms. The summed E-state index contributed by atoms with van der Waals surface area (Å²) >= 11 is 1.59. The van der Waals surface area contributed by atoms with Gasteiger partial charge in [-0.25, -0.2) is 23.7 Å². The van der Waals surface area contributed by atoms with E-state index in [2.05, 4.69) is 25.6 Å². The summed E-state index contributed by atoms with van der Waals surface area (Å²) in [4.78, 5) is 27.4. The maximum Gasteiger partial charge on any atom is 0.255 e. The van der Waals surface area contributed by atoms with Crippen LogP contribution in [-0.4, -0.2) is 20.9 Å². The van der Waals surface area contributed by atoms with Crippen molar-refractivity contribution in [1.82, 2.24) is 20.3 Å². The van der Waals surface area contributed by atoms with Gasteiger partial charge >= 0.3 is 0 Å². The minimum absolute atomic E-state index is 0.0647. The third-order valence-corrected chi connectivity index (χ3v) is 6.68. The van der Waals surface area contributed by atoms with Crippen molar-refractivity contribution in [2.24, 2.45) is 0 Å². The number of aromatic nitrogens is 3. The Balaban J connectivity index is 1.27. The first-order valence-corrected chi connectivity index (χ1v) is 11.8. The predicted octanol–water partition coefficient (Wildman–Crippen LogP) is 5.16. The minimum Gasteiger partial charge on any atom is -0.383 e. The quantitative estimate of drug-likeness (QED) is 0.284. The highest BCUT2D eigenvalue weighted by atomic mass is 32.1. The highest BCUT2D eigenvalue weighted by molar-refractivity contribution is 7.15. The third-order valence-electron chi connectivity index (χ3n) is 5.54. The number of hydrogen-bond acceptors (Lipinski definition) is 7. The minimum atomic E-state index is -0.587. The molecule has 0 aliphatic rings. The van der Waals surface area contributed by atoms with Gasteiger partial charge < -0.3 is 16.4 Å². The van der Waals surface area contributed by atoms with E-state index in [1.54, 1.807) is 29.7 Å². The maximum absolute atomic E-state index is 13.9. The molecule has 0 aliphatic heterocycles. The number of carbonyl (C=O) groups is 1. The van der Waals surface area contributed by atoms with Crippen LogP contribution in [0, 0.1) is 11.6 Å². The van der Waals surface area contributed by atoms with Gasteiger partial charge in [-0.3, -0.25) is 4.79 Å². The van der Waals surface area contributed by atoms with E-state index in [0.717, 1.165) is 44.4 Å². The molecule has 3 heterocycles. The molecular weight excluding hydrogens is 482 g/mol. The van der Waals surface area contributed by atoms with E-state index in [1.165, 1.54) is 6.33 Å². The Labute approximate surface area is 209 Å². The zero-order chi connectivity index (χ0) is 25.1. The van der Waals surface area contributed by atoms with Crippen LogP contribution in [0.1, 0.15) is 20.8 Å². The number of thiophene rings is 1. The molecular formula is C26H20F2N6OS. The Morgan fingerprint density at radius 3 is 2.75 bits per heavy atom. The number of amides is 1. The molecule has 3 aromatic heterocycles. The molecule has 0 atom stereocenters. The van der Waals surface area contributed by atoms with E-state index in [9.17, 15) is 13.6 Å². The average Bonchev–Trinajstić information content (AvgIpc) is 3.37. The summed E-state index contributed by atoms with van der Waals surface area (Å²) in [6.45, 7) is 0.297. The third kappa shape index (κ3) is 4.98.